The molecule has 0 radical (unpaired) electrons. The van der Waals surface area contributed by atoms with Crippen LogP contribution in [-0.4, -0.2) is 73.5 Å². The predicted molar refractivity (Wildman–Crippen MR) is 134 cm³/mol. The fraction of sp³-hybridized carbons (Fsp3) is 0.444. The predicted octanol–water partition coefficient (Wildman–Crippen LogP) is 3.22. The van der Waals surface area contributed by atoms with E-state index in [-0.39, 0.29) is 48.8 Å². The van der Waals surface area contributed by atoms with Crippen molar-refractivity contribution in [2.75, 3.05) is 39.2 Å². The number of benzene rings is 2. The van der Waals surface area contributed by atoms with Crippen molar-refractivity contribution in [2.45, 2.75) is 39.3 Å². The van der Waals surface area contributed by atoms with Crippen LogP contribution in [0.2, 0.25) is 0 Å². The molecule has 0 fully saturated rings. The minimum Gasteiger partial charge on any atom is -0.491 e. The SMILES string of the molecule is CO[C@@H]1CN(C)C(=O)c2cc(NC(=O)Cc3ccccc3)ccc2OC[C@@H](C)N(C(C)=O)C[C@@H]1C. The Morgan fingerprint density at radius 1 is 1.11 bits per heavy atom. The number of hydrogen-bond acceptors (Lipinski definition) is 5. The second kappa shape index (κ2) is 11.8. The fourth-order valence-corrected chi connectivity index (χ4v) is 4.28. The van der Waals surface area contributed by atoms with Crippen molar-refractivity contribution in [3.63, 3.8) is 0 Å². The highest BCUT2D eigenvalue weighted by molar-refractivity contribution is 5.99. The first kappa shape index (κ1) is 26.2. The summed E-state index contributed by atoms with van der Waals surface area (Å²) in [6, 6.07) is 14.3. The smallest absolute Gasteiger partial charge is 0.257 e. The molecule has 1 N–H and O–H groups in total. The molecule has 3 rings (SSSR count). The Labute approximate surface area is 207 Å². The molecule has 0 aliphatic carbocycles. The normalized spacial score (nSPS) is 21.3. The van der Waals surface area contributed by atoms with E-state index in [9.17, 15) is 14.4 Å². The summed E-state index contributed by atoms with van der Waals surface area (Å²) in [6.45, 7) is 6.56. The number of amides is 3. The van der Waals surface area contributed by atoms with Gasteiger partial charge in [-0.25, -0.2) is 0 Å². The standard InChI is InChI=1S/C27H35N3O5/c1-18-15-30(20(3)31)19(2)17-35-24-12-11-22(28-26(32)13-21-9-7-6-8-10-21)14-23(24)27(33)29(4)16-25(18)34-5/h6-12,14,18-19,25H,13,15-17H2,1-5H3,(H,28,32)/t18-,19+,25+/m0/s1. The number of carbonyl (C=O) groups is 3. The second-order valence-corrected chi connectivity index (χ2v) is 9.19. The van der Waals surface area contributed by atoms with E-state index in [0.717, 1.165) is 5.56 Å². The summed E-state index contributed by atoms with van der Waals surface area (Å²) < 4.78 is 11.7. The topological polar surface area (TPSA) is 88.2 Å². The van der Waals surface area contributed by atoms with Crippen LogP contribution in [0.1, 0.15) is 36.7 Å². The molecule has 3 atom stereocenters. The van der Waals surface area contributed by atoms with Gasteiger partial charge in [0, 0.05) is 45.8 Å². The van der Waals surface area contributed by atoms with E-state index in [1.807, 2.05) is 44.2 Å². The summed E-state index contributed by atoms with van der Waals surface area (Å²) in [5.41, 5.74) is 1.76. The van der Waals surface area contributed by atoms with E-state index in [2.05, 4.69) is 5.32 Å². The number of nitrogens with one attached hydrogen (secondary N) is 1. The Morgan fingerprint density at radius 2 is 1.83 bits per heavy atom. The molecule has 0 saturated heterocycles. The molecule has 8 heteroatoms. The lowest BCUT2D eigenvalue weighted by Crippen LogP contribution is -2.48. The lowest BCUT2D eigenvalue weighted by atomic mass is 10.0. The first-order valence-electron chi connectivity index (χ1n) is 11.9. The van der Waals surface area contributed by atoms with Crippen molar-refractivity contribution >= 4 is 23.4 Å². The lowest BCUT2D eigenvalue weighted by molar-refractivity contribution is -0.133. The van der Waals surface area contributed by atoms with Crippen LogP contribution in [0, 0.1) is 5.92 Å². The lowest BCUT2D eigenvalue weighted by Gasteiger charge is -2.35. The number of anilines is 1. The molecule has 1 heterocycles. The summed E-state index contributed by atoms with van der Waals surface area (Å²) in [5, 5.41) is 2.88. The van der Waals surface area contributed by atoms with Gasteiger partial charge in [0.05, 0.1) is 24.1 Å². The van der Waals surface area contributed by atoms with E-state index >= 15 is 0 Å². The van der Waals surface area contributed by atoms with Crippen LogP contribution in [0.5, 0.6) is 5.75 Å². The van der Waals surface area contributed by atoms with Gasteiger partial charge in [-0.05, 0) is 30.7 Å². The van der Waals surface area contributed by atoms with Crippen molar-refractivity contribution in [2.24, 2.45) is 5.92 Å². The number of fused-ring (bicyclic) bond motifs is 1. The molecule has 188 valence electrons. The van der Waals surface area contributed by atoms with Crippen LogP contribution in [-0.2, 0) is 20.7 Å². The van der Waals surface area contributed by atoms with Crippen LogP contribution in [0.3, 0.4) is 0 Å². The highest BCUT2D eigenvalue weighted by Gasteiger charge is 2.29. The minimum atomic E-state index is -0.254. The van der Waals surface area contributed by atoms with Crippen LogP contribution in [0.15, 0.2) is 48.5 Å². The molecular weight excluding hydrogens is 446 g/mol. The Bertz CT molecular complexity index is 1040. The third-order valence-corrected chi connectivity index (χ3v) is 6.34. The van der Waals surface area contributed by atoms with E-state index in [1.165, 1.54) is 0 Å². The van der Waals surface area contributed by atoms with Crippen molar-refractivity contribution in [3.8, 4) is 5.75 Å². The van der Waals surface area contributed by atoms with E-state index in [0.29, 0.717) is 30.1 Å². The summed E-state index contributed by atoms with van der Waals surface area (Å²) in [6.07, 6.45) is -0.0239. The molecular formula is C27H35N3O5. The van der Waals surface area contributed by atoms with Crippen LogP contribution < -0.4 is 10.1 Å². The number of nitrogens with zero attached hydrogens (tertiary/aromatic N) is 2. The summed E-state index contributed by atoms with van der Waals surface area (Å²) in [7, 11) is 3.33. The zero-order valence-electron chi connectivity index (χ0n) is 21.1. The van der Waals surface area contributed by atoms with Gasteiger partial charge in [0.15, 0.2) is 0 Å². The van der Waals surface area contributed by atoms with Gasteiger partial charge in [0.1, 0.15) is 12.4 Å². The molecule has 0 unspecified atom stereocenters. The third kappa shape index (κ3) is 6.82. The molecule has 0 aromatic heterocycles. The van der Waals surface area contributed by atoms with Crippen molar-refractivity contribution in [3.05, 3.63) is 59.7 Å². The number of hydrogen-bond donors (Lipinski definition) is 1. The van der Waals surface area contributed by atoms with Gasteiger partial charge in [-0.1, -0.05) is 37.3 Å². The Hall–Kier alpha value is -3.39. The molecule has 8 nitrogen and oxygen atoms in total. The second-order valence-electron chi connectivity index (χ2n) is 9.19. The van der Waals surface area contributed by atoms with Crippen molar-refractivity contribution < 1.29 is 23.9 Å². The fourth-order valence-electron chi connectivity index (χ4n) is 4.28. The number of rotatable bonds is 4. The zero-order valence-corrected chi connectivity index (χ0v) is 21.1. The molecule has 35 heavy (non-hydrogen) atoms. The quantitative estimate of drug-likeness (QED) is 0.725. The van der Waals surface area contributed by atoms with Gasteiger partial charge >= 0.3 is 0 Å². The van der Waals surface area contributed by atoms with Gasteiger partial charge in [-0.15, -0.1) is 0 Å². The zero-order chi connectivity index (χ0) is 25.5. The van der Waals surface area contributed by atoms with Gasteiger partial charge in [-0.2, -0.15) is 0 Å². The third-order valence-electron chi connectivity index (χ3n) is 6.34. The van der Waals surface area contributed by atoms with Crippen molar-refractivity contribution in [1.82, 2.24) is 9.80 Å². The largest absolute Gasteiger partial charge is 0.491 e. The summed E-state index contributed by atoms with van der Waals surface area (Å²) in [5.74, 6) is -0.0407. The Kier molecular flexibility index (Phi) is 8.87. The average Bonchev–Trinajstić information content (AvgIpc) is 2.83. The van der Waals surface area contributed by atoms with E-state index < -0.39 is 0 Å². The number of ether oxygens (including phenoxy) is 2. The monoisotopic (exact) mass is 481 g/mol. The van der Waals surface area contributed by atoms with Crippen molar-refractivity contribution in [1.29, 1.82) is 0 Å². The maximum atomic E-state index is 13.4. The molecule has 0 saturated carbocycles. The van der Waals surface area contributed by atoms with Gasteiger partial charge in [-0.3, -0.25) is 14.4 Å². The minimum absolute atomic E-state index is 0.00380. The molecule has 2 aromatic rings. The van der Waals surface area contributed by atoms with Crippen LogP contribution >= 0.6 is 0 Å². The summed E-state index contributed by atoms with van der Waals surface area (Å²) in [4.78, 5) is 41.7. The maximum Gasteiger partial charge on any atom is 0.257 e. The number of methoxy groups -OCH3 is 1. The van der Waals surface area contributed by atoms with E-state index in [4.69, 9.17) is 9.47 Å². The van der Waals surface area contributed by atoms with Crippen LogP contribution in [0.25, 0.3) is 0 Å². The van der Waals surface area contributed by atoms with Gasteiger partial charge in [0.2, 0.25) is 11.8 Å². The molecule has 2 aromatic carbocycles. The van der Waals surface area contributed by atoms with Gasteiger partial charge < -0.3 is 24.6 Å². The molecule has 0 spiro atoms. The molecule has 1 aliphatic rings. The maximum absolute atomic E-state index is 13.4. The average molecular weight is 482 g/mol. The summed E-state index contributed by atoms with van der Waals surface area (Å²) >= 11 is 0. The first-order valence-corrected chi connectivity index (χ1v) is 11.9. The number of likely N-dealkylation sites (N-methyl/N-ethyl adjacent to an activating group) is 1. The Balaban J connectivity index is 1.88. The molecule has 1 aliphatic heterocycles. The number of carbonyl (C=O) groups excluding carboxylic acids is 3. The Morgan fingerprint density at radius 3 is 2.49 bits per heavy atom. The first-order chi connectivity index (χ1) is 16.7. The highest BCUT2D eigenvalue weighted by atomic mass is 16.5. The molecule has 3 amide bonds. The van der Waals surface area contributed by atoms with Crippen LogP contribution in [0.4, 0.5) is 5.69 Å². The van der Waals surface area contributed by atoms with Gasteiger partial charge in [0.25, 0.3) is 5.91 Å². The van der Waals surface area contributed by atoms with E-state index in [1.54, 1.807) is 49.1 Å². The highest BCUT2D eigenvalue weighted by Crippen LogP contribution is 2.26. The molecule has 0 bridgehead atoms.